The van der Waals surface area contributed by atoms with Gasteiger partial charge in [-0.1, -0.05) is 241 Å². The van der Waals surface area contributed by atoms with Crippen molar-refractivity contribution in [2.24, 2.45) is 0 Å². The van der Waals surface area contributed by atoms with Gasteiger partial charge in [0.2, 0.25) is 0 Å². The largest absolute Gasteiger partial charge is 0.460 e. The highest BCUT2D eigenvalue weighted by Crippen LogP contribution is 2.16. The lowest BCUT2D eigenvalue weighted by molar-refractivity contribution is -0.143. The first-order chi connectivity index (χ1) is 35.5. The average Bonchev–Trinajstić information content (AvgIpc) is 3.38. The quantitative estimate of drug-likeness (QED) is 0.0346. The molecule has 0 heterocycles. The van der Waals surface area contributed by atoms with Crippen LogP contribution in [0.3, 0.4) is 0 Å². The van der Waals surface area contributed by atoms with Crippen LogP contribution < -0.4 is 0 Å². The van der Waals surface area contributed by atoms with Crippen LogP contribution in [0.1, 0.15) is 219 Å². The highest BCUT2D eigenvalue weighted by atomic mass is 16.5. The lowest BCUT2D eigenvalue weighted by atomic mass is 10.0. The third-order valence-electron chi connectivity index (χ3n) is 11.8. The zero-order valence-corrected chi connectivity index (χ0v) is 45.2. The first-order valence-electron chi connectivity index (χ1n) is 27.6. The van der Waals surface area contributed by atoms with Gasteiger partial charge < -0.3 is 18.9 Å². The topological polar surface area (TPSA) is 71.1 Å². The molecule has 0 aromatic carbocycles. The van der Waals surface area contributed by atoms with Crippen molar-refractivity contribution in [2.45, 2.75) is 219 Å². The molecule has 1 aliphatic carbocycles. The molecule has 0 saturated heterocycles. The van der Waals surface area contributed by atoms with Crippen LogP contribution >= 0.6 is 0 Å². The summed E-state index contributed by atoms with van der Waals surface area (Å²) in [6, 6.07) is 0. The highest BCUT2D eigenvalue weighted by molar-refractivity contribution is 5.70. The minimum atomic E-state index is -0.271. The van der Waals surface area contributed by atoms with Gasteiger partial charge in [0, 0.05) is 73.7 Å². The van der Waals surface area contributed by atoms with Crippen LogP contribution in [0.2, 0.25) is 0 Å². The summed E-state index contributed by atoms with van der Waals surface area (Å²) in [5.41, 5.74) is 2.20. The highest BCUT2D eigenvalue weighted by Gasteiger charge is 2.06. The minimum absolute atomic E-state index is 0.0364. The Morgan fingerprint density at radius 2 is 0.542 bits per heavy atom. The van der Waals surface area contributed by atoms with E-state index in [4.69, 9.17) is 18.9 Å². The Labute approximate surface area is 439 Å². The molecule has 0 unspecified atom stereocenters. The van der Waals surface area contributed by atoms with Crippen molar-refractivity contribution >= 4 is 11.9 Å². The zero-order valence-electron chi connectivity index (χ0n) is 45.2. The summed E-state index contributed by atoms with van der Waals surface area (Å²) in [5, 5.41) is 0. The standard InChI is InChI=1S/C66H88O6/c1-5-7-9-11-13-15-17-19-21-23-25-27-29-31-41-55-65(67)71-59-63-49-39-35-36-40-50-64(60-72-66(68)56-42-32-30-28-26-24-22-20-18-16-14-12-10-8-6-2)54-46-44-52-62(58-70-4)48-38-34-33-37-47-61(57-69-3)51-43-45-53-63/h47-50H,5-32,41-42,55-60H2,1-4H3/b61-47+,62-48+,63-49-,64-50+. The Bertz CT molecular complexity index is 2000. The Balaban J connectivity index is 2.90. The monoisotopic (exact) mass is 977 g/mol. The SMILES string of the molecule is CCCCCCCCCCCCCCCCCC(=O)OC/C1=C\C#CC#C/C=C(/COC(=O)CCCCCCCCCCCCCCCCC)C#CC#C/C(COC)=C\C#CC#C/C=C(/COC)C#CC#C1. The molecule has 0 radical (unpaired) electrons. The molecular formula is C66H88O6. The normalized spacial score (nSPS) is 14.8. The second-order valence-corrected chi connectivity index (χ2v) is 18.3. The number of rotatable bonds is 40. The molecule has 72 heavy (non-hydrogen) atoms. The molecule has 6 nitrogen and oxygen atoms in total. The van der Waals surface area contributed by atoms with Gasteiger partial charge in [-0.15, -0.1) is 0 Å². The fourth-order valence-corrected chi connectivity index (χ4v) is 7.59. The molecule has 0 saturated carbocycles. The van der Waals surface area contributed by atoms with Crippen LogP contribution in [0.25, 0.3) is 0 Å². The maximum Gasteiger partial charge on any atom is 0.306 e. The number of carbonyl (C=O) groups is 2. The van der Waals surface area contributed by atoms with Gasteiger partial charge in [-0.25, -0.2) is 0 Å². The third-order valence-corrected chi connectivity index (χ3v) is 11.8. The van der Waals surface area contributed by atoms with Crippen molar-refractivity contribution in [3.8, 4) is 94.7 Å². The van der Waals surface area contributed by atoms with Gasteiger partial charge in [-0.2, -0.15) is 0 Å². The van der Waals surface area contributed by atoms with Gasteiger partial charge >= 0.3 is 11.9 Å². The van der Waals surface area contributed by atoms with Gasteiger partial charge in [-0.3, -0.25) is 9.59 Å². The second-order valence-electron chi connectivity index (χ2n) is 18.3. The van der Waals surface area contributed by atoms with Crippen molar-refractivity contribution in [1.29, 1.82) is 0 Å². The number of hydrogen-bond acceptors (Lipinski definition) is 6. The second kappa shape index (κ2) is 51.6. The fourth-order valence-electron chi connectivity index (χ4n) is 7.59. The summed E-state index contributed by atoms with van der Waals surface area (Å²) >= 11 is 0. The summed E-state index contributed by atoms with van der Waals surface area (Å²) < 4.78 is 21.8. The van der Waals surface area contributed by atoms with Crippen molar-refractivity contribution < 1.29 is 28.5 Å². The summed E-state index contributed by atoms with van der Waals surface area (Å²) in [6.45, 7) is 4.95. The first-order valence-corrected chi connectivity index (χ1v) is 27.6. The number of ether oxygens (including phenoxy) is 4. The third kappa shape index (κ3) is 44.3. The predicted octanol–water partition coefficient (Wildman–Crippen LogP) is 14.6. The Morgan fingerprint density at radius 3 is 0.778 bits per heavy atom. The summed E-state index contributed by atoms with van der Waals surface area (Å²) in [5.74, 6) is 45.5. The zero-order chi connectivity index (χ0) is 51.9. The van der Waals surface area contributed by atoms with Crippen LogP contribution in [-0.2, 0) is 28.5 Å². The van der Waals surface area contributed by atoms with Crippen LogP contribution in [-0.4, -0.2) is 52.6 Å². The molecule has 0 N–H and O–H groups in total. The van der Waals surface area contributed by atoms with Crippen molar-refractivity contribution in [3.05, 3.63) is 46.6 Å². The number of esters is 2. The maximum atomic E-state index is 12.7. The predicted molar refractivity (Wildman–Crippen MR) is 299 cm³/mol. The molecule has 0 aliphatic heterocycles. The van der Waals surface area contributed by atoms with E-state index in [2.05, 4.69) is 109 Å². The molecule has 0 amide bonds. The van der Waals surface area contributed by atoms with E-state index in [-0.39, 0.29) is 38.4 Å². The van der Waals surface area contributed by atoms with Gasteiger partial charge in [0.15, 0.2) is 0 Å². The number of hydrogen-bond donors (Lipinski definition) is 0. The van der Waals surface area contributed by atoms with Crippen LogP contribution in [0.4, 0.5) is 0 Å². The van der Waals surface area contributed by atoms with Gasteiger partial charge in [0.1, 0.15) is 13.2 Å². The molecule has 1 rings (SSSR count). The van der Waals surface area contributed by atoms with E-state index < -0.39 is 0 Å². The lowest BCUT2D eigenvalue weighted by Gasteiger charge is -2.05. The Kier molecular flexibility index (Phi) is 46.1. The minimum Gasteiger partial charge on any atom is -0.460 e. The van der Waals surface area contributed by atoms with E-state index in [0.717, 1.165) is 38.5 Å². The van der Waals surface area contributed by atoms with Crippen molar-refractivity contribution in [3.63, 3.8) is 0 Å². The number of carbonyl (C=O) groups excluding carboxylic acids is 2. The van der Waals surface area contributed by atoms with Gasteiger partial charge in [-0.05, 0) is 60.2 Å². The molecule has 388 valence electrons. The van der Waals surface area contributed by atoms with Crippen LogP contribution in [0, 0.1) is 94.7 Å². The molecule has 0 spiro atoms. The Morgan fingerprint density at radius 1 is 0.319 bits per heavy atom. The van der Waals surface area contributed by atoms with E-state index in [1.807, 2.05) is 0 Å². The van der Waals surface area contributed by atoms with E-state index in [1.54, 1.807) is 38.5 Å². The van der Waals surface area contributed by atoms with E-state index in [9.17, 15) is 9.59 Å². The summed E-state index contributed by atoms with van der Waals surface area (Å²) in [4.78, 5) is 25.4. The van der Waals surface area contributed by atoms with Crippen LogP contribution in [0.15, 0.2) is 46.6 Å². The summed E-state index contributed by atoms with van der Waals surface area (Å²) in [7, 11) is 3.15. The average molecular weight is 977 g/mol. The molecule has 0 bridgehead atoms. The number of methoxy groups -OCH3 is 2. The Hall–Kier alpha value is -5.70. The van der Waals surface area contributed by atoms with E-state index in [1.165, 1.54) is 154 Å². The smallest absolute Gasteiger partial charge is 0.306 e. The fraction of sp³-hybridized carbons (Fsp3) is 0.606. The summed E-state index contributed by atoms with van der Waals surface area (Å²) in [6.07, 6.45) is 45.0. The number of allylic oxidation sites excluding steroid dienone is 4. The van der Waals surface area contributed by atoms with Crippen molar-refractivity contribution in [2.75, 3.05) is 40.6 Å². The maximum absolute atomic E-state index is 12.7. The molecule has 1 aliphatic rings. The van der Waals surface area contributed by atoms with Crippen LogP contribution in [0.5, 0.6) is 0 Å². The molecule has 0 atom stereocenters. The van der Waals surface area contributed by atoms with Crippen molar-refractivity contribution in [1.82, 2.24) is 0 Å². The number of unbranched alkanes of at least 4 members (excludes halogenated alkanes) is 28. The van der Waals surface area contributed by atoms with E-state index in [0.29, 0.717) is 35.1 Å². The molecule has 0 aromatic heterocycles. The molecular weight excluding hydrogens is 889 g/mol. The first kappa shape index (κ1) is 64.3. The van der Waals surface area contributed by atoms with E-state index >= 15 is 0 Å². The molecule has 6 heteroatoms. The lowest BCUT2D eigenvalue weighted by Crippen LogP contribution is -2.07. The molecule has 0 aromatic rings. The molecule has 0 fully saturated rings. The van der Waals surface area contributed by atoms with Gasteiger partial charge in [0.05, 0.1) is 13.2 Å². The van der Waals surface area contributed by atoms with Gasteiger partial charge in [0.25, 0.3) is 0 Å².